The number of ketones is 1. The highest BCUT2D eigenvalue weighted by molar-refractivity contribution is 8.15. The normalized spacial score (nSPS) is 11.5. The molecule has 10 heteroatoms. The van der Waals surface area contributed by atoms with Crippen molar-refractivity contribution in [2.75, 3.05) is 5.43 Å². The smallest absolute Gasteiger partial charge is 0.202 e. The molecule has 4 rings (SSSR count). The molecule has 0 unspecified atom stereocenters. The van der Waals surface area contributed by atoms with Gasteiger partial charge in [-0.15, -0.1) is 10.2 Å². The number of nitrogens with zero attached hydrogens (tertiary/aromatic N) is 4. The van der Waals surface area contributed by atoms with E-state index in [1.807, 2.05) is 47.0 Å². The molecule has 1 heterocycles. The molecule has 0 saturated heterocycles. The molecule has 0 fully saturated rings. The Morgan fingerprint density at radius 1 is 0.939 bits per heavy atom. The lowest BCUT2D eigenvalue weighted by Gasteiger charge is -2.11. The fourth-order valence-electron chi connectivity index (χ4n) is 2.91. The lowest BCUT2D eigenvalue weighted by atomic mass is 10.2. The minimum absolute atomic E-state index is 0.188. The highest BCUT2D eigenvalue weighted by atomic mass is 35.5. The van der Waals surface area contributed by atoms with Crippen molar-refractivity contribution in [3.05, 3.63) is 87.9 Å². The van der Waals surface area contributed by atoms with Crippen LogP contribution in [0.1, 0.15) is 6.92 Å². The van der Waals surface area contributed by atoms with Gasteiger partial charge in [-0.1, -0.05) is 65.1 Å². The number of rotatable bonds is 6. The van der Waals surface area contributed by atoms with Crippen molar-refractivity contribution in [1.29, 1.82) is 0 Å². The molecule has 3 aromatic carbocycles. The minimum atomic E-state index is -0.242. The van der Waals surface area contributed by atoms with Gasteiger partial charge in [0.05, 0.1) is 15.7 Å². The molecule has 0 radical (unpaired) electrons. The molecule has 6 nitrogen and oxygen atoms in total. The number of aromatic nitrogens is 3. The molecule has 0 amide bonds. The van der Waals surface area contributed by atoms with Crippen LogP contribution in [0.5, 0.6) is 0 Å². The van der Waals surface area contributed by atoms with E-state index in [2.05, 4.69) is 20.7 Å². The molecule has 0 spiro atoms. The highest BCUT2D eigenvalue weighted by Gasteiger charge is 2.21. The summed E-state index contributed by atoms with van der Waals surface area (Å²) < 4.78 is 1.81. The van der Waals surface area contributed by atoms with Gasteiger partial charge in [0.1, 0.15) is 0 Å². The van der Waals surface area contributed by atoms with Gasteiger partial charge in [0.2, 0.25) is 5.16 Å². The molecular weight excluding hydrogens is 501 g/mol. The van der Waals surface area contributed by atoms with Crippen LogP contribution in [0.25, 0.3) is 17.1 Å². The Labute approximate surface area is 209 Å². The molecule has 33 heavy (non-hydrogen) atoms. The van der Waals surface area contributed by atoms with E-state index in [1.165, 1.54) is 6.92 Å². The average Bonchev–Trinajstić information content (AvgIpc) is 3.21. The van der Waals surface area contributed by atoms with Crippen LogP contribution >= 0.6 is 46.6 Å². The third-order valence-corrected chi connectivity index (χ3v) is 6.36. The molecule has 0 saturated carbocycles. The summed E-state index contributed by atoms with van der Waals surface area (Å²) in [6.45, 7) is 1.43. The fraction of sp³-hybridized carbons (Fsp3) is 0.0435. The van der Waals surface area contributed by atoms with Crippen LogP contribution in [0.15, 0.2) is 83.1 Å². The van der Waals surface area contributed by atoms with Gasteiger partial charge in [-0.05, 0) is 54.2 Å². The van der Waals surface area contributed by atoms with Crippen LogP contribution in [0.3, 0.4) is 0 Å². The summed E-state index contributed by atoms with van der Waals surface area (Å²) in [4.78, 5) is 12.4. The topological polar surface area (TPSA) is 72.2 Å². The molecule has 4 aromatic rings. The number of para-hydroxylation sites is 2. The molecule has 0 aliphatic rings. The fourth-order valence-corrected chi connectivity index (χ4v) is 4.36. The summed E-state index contributed by atoms with van der Waals surface area (Å²) in [5, 5.41) is 15.0. The Morgan fingerprint density at radius 2 is 1.67 bits per heavy atom. The predicted octanol–water partition coefficient (Wildman–Crippen LogP) is 7.00. The maximum atomic E-state index is 12.4. The molecule has 1 aromatic heterocycles. The van der Waals surface area contributed by atoms with E-state index in [0.29, 0.717) is 37.3 Å². The lowest BCUT2D eigenvalue weighted by Crippen LogP contribution is -2.10. The van der Waals surface area contributed by atoms with Crippen LogP contribution in [0, 0.1) is 0 Å². The third-order valence-electron chi connectivity index (χ3n) is 4.46. The second-order valence-electron chi connectivity index (χ2n) is 6.77. The first-order valence-corrected chi connectivity index (χ1v) is 11.6. The highest BCUT2D eigenvalue weighted by Crippen LogP contribution is 2.34. The van der Waals surface area contributed by atoms with Crippen LogP contribution in [0.2, 0.25) is 15.1 Å². The summed E-state index contributed by atoms with van der Waals surface area (Å²) in [6, 6.07) is 21.8. The van der Waals surface area contributed by atoms with Crippen molar-refractivity contribution < 1.29 is 4.79 Å². The van der Waals surface area contributed by atoms with E-state index in [1.54, 1.807) is 30.3 Å². The maximum Gasteiger partial charge on any atom is 0.202 e. The summed E-state index contributed by atoms with van der Waals surface area (Å²) in [6.07, 6.45) is 0. The summed E-state index contributed by atoms with van der Waals surface area (Å²) in [5.74, 6) is 0.264. The zero-order valence-electron chi connectivity index (χ0n) is 17.2. The number of carbonyl (C=O) groups is 1. The minimum Gasteiger partial charge on any atom is -0.292 e. The molecule has 166 valence electrons. The van der Waals surface area contributed by atoms with Gasteiger partial charge in [-0.2, -0.15) is 5.10 Å². The second-order valence-corrected chi connectivity index (χ2v) is 8.97. The summed E-state index contributed by atoms with van der Waals surface area (Å²) in [7, 11) is 0. The Balaban J connectivity index is 1.77. The van der Waals surface area contributed by atoms with Crippen molar-refractivity contribution in [3.63, 3.8) is 0 Å². The van der Waals surface area contributed by atoms with Gasteiger partial charge in [0.25, 0.3) is 0 Å². The van der Waals surface area contributed by atoms with Gasteiger partial charge < -0.3 is 0 Å². The Hall–Kier alpha value is -2.84. The van der Waals surface area contributed by atoms with E-state index >= 15 is 0 Å². The first-order chi connectivity index (χ1) is 15.9. The first-order valence-electron chi connectivity index (χ1n) is 9.67. The standard InChI is InChI=1S/C23H16Cl3N5OS/c1-14(32)22(29-27-20-10-6-5-9-18(20)25)33-23-30-28-21(17-12-11-15(24)13-19(17)26)31(23)16-7-3-2-4-8-16/h2-13,27H,1H3/b29-22-. The first kappa shape index (κ1) is 23.3. The van der Waals surface area contributed by atoms with Crippen LogP contribution in [-0.2, 0) is 4.79 Å². The number of hydrazone groups is 1. The van der Waals surface area contributed by atoms with Crippen LogP contribution < -0.4 is 5.43 Å². The Bertz CT molecular complexity index is 1340. The van der Waals surface area contributed by atoms with Gasteiger partial charge in [-0.3, -0.25) is 14.8 Å². The second kappa shape index (κ2) is 10.4. The van der Waals surface area contributed by atoms with Gasteiger partial charge in [0, 0.05) is 23.2 Å². The van der Waals surface area contributed by atoms with E-state index < -0.39 is 0 Å². The van der Waals surface area contributed by atoms with E-state index in [0.717, 1.165) is 17.4 Å². The zero-order chi connectivity index (χ0) is 23.4. The predicted molar refractivity (Wildman–Crippen MR) is 136 cm³/mol. The third kappa shape index (κ3) is 5.39. The number of nitrogens with one attached hydrogen (secondary N) is 1. The van der Waals surface area contributed by atoms with E-state index in [9.17, 15) is 4.79 Å². The van der Waals surface area contributed by atoms with Crippen molar-refractivity contribution >= 4 is 63.1 Å². The van der Waals surface area contributed by atoms with Gasteiger partial charge >= 0.3 is 0 Å². The summed E-state index contributed by atoms with van der Waals surface area (Å²) >= 11 is 19.8. The number of halogens is 3. The van der Waals surface area contributed by atoms with Gasteiger partial charge in [-0.25, -0.2) is 0 Å². The number of carbonyl (C=O) groups excluding carboxylic acids is 1. The number of Topliss-reactive ketones (excluding diaryl/α,β-unsaturated/α-hetero) is 1. The van der Waals surface area contributed by atoms with E-state index in [-0.39, 0.29) is 10.8 Å². The number of thioether (sulfide) groups is 1. The van der Waals surface area contributed by atoms with Crippen molar-refractivity contribution in [1.82, 2.24) is 14.8 Å². The largest absolute Gasteiger partial charge is 0.292 e. The van der Waals surface area contributed by atoms with Gasteiger partial charge in [0.15, 0.2) is 16.7 Å². The number of hydrogen-bond donors (Lipinski definition) is 1. The number of hydrogen-bond acceptors (Lipinski definition) is 6. The Kier molecular flexibility index (Phi) is 7.35. The average molecular weight is 517 g/mol. The maximum absolute atomic E-state index is 12.4. The lowest BCUT2D eigenvalue weighted by molar-refractivity contribution is -0.110. The van der Waals surface area contributed by atoms with Crippen molar-refractivity contribution in [3.8, 4) is 17.1 Å². The molecule has 0 aliphatic carbocycles. The van der Waals surface area contributed by atoms with Crippen LogP contribution in [0.4, 0.5) is 5.69 Å². The van der Waals surface area contributed by atoms with Crippen molar-refractivity contribution in [2.45, 2.75) is 12.1 Å². The molecule has 0 aliphatic heterocycles. The quantitative estimate of drug-likeness (QED) is 0.129. The summed E-state index contributed by atoms with van der Waals surface area (Å²) in [5.41, 5.74) is 4.88. The zero-order valence-corrected chi connectivity index (χ0v) is 20.3. The molecule has 0 bridgehead atoms. The monoisotopic (exact) mass is 515 g/mol. The van der Waals surface area contributed by atoms with E-state index in [4.69, 9.17) is 34.8 Å². The number of anilines is 1. The molecule has 1 N–H and O–H groups in total. The SMILES string of the molecule is CC(=O)/C(=N/Nc1ccccc1Cl)Sc1nnc(-c2ccc(Cl)cc2Cl)n1-c1ccccc1. The van der Waals surface area contributed by atoms with Crippen LogP contribution in [-0.4, -0.2) is 25.6 Å². The molecule has 0 atom stereocenters. The Morgan fingerprint density at radius 3 is 2.36 bits per heavy atom. The molecular formula is C23H16Cl3N5OS. The number of benzene rings is 3. The van der Waals surface area contributed by atoms with Crippen molar-refractivity contribution in [2.24, 2.45) is 5.10 Å².